The highest BCUT2D eigenvalue weighted by molar-refractivity contribution is 5.84. The molecule has 0 aromatic rings. The van der Waals surface area contributed by atoms with Crippen molar-refractivity contribution in [3.05, 3.63) is 0 Å². The molecule has 2 saturated heterocycles. The average molecular weight is 271 g/mol. The highest BCUT2D eigenvalue weighted by Crippen LogP contribution is 2.38. The molecule has 6 heteroatoms. The first-order valence-electron chi connectivity index (χ1n) is 6.60. The van der Waals surface area contributed by atoms with Gasteiger partial charge in [0.1, 0.15) is 11.1 Å². The van der Waals surface area contributed by atoms with Crippen molar-refractivity contribution in [3.63, 3.8) is 0 Å². The van der Waals surface area contributed by atoms with Crippen molar-refractivity contribution in [2.75, 3.05) is 0 Å². The number of ether oxygens (including phenoxy) is 2. The van der Waals surface area contributed by atoms with Crippen molar-refractivity contribution >= 4 is 12.1 Å². The van der Waals surface area contributed by atoms with Crippen molar-refractivity contribution in [2.24, 2.45) is 0 Å². The Morgan fingerprint density at radius 2 is 1.79 bits per heavy atom. The van der Waals surface area contributed by atoms with Crippen LogP contribution in [0.3, 0.4) is 0 Å². The number of hydrogen-bond acceptors (Lipinski definition) is 4. The minimum absolute atomic E-state index is 0.0789. The van der Waals surface area contributed by atoms with E-state index in [0.29, 0.717) is 12.8 Å². The molecule has 1 amide bonds. The summed E-state index contributed by atoms with van der Waals surface area (Å²) in [5.41, 5.74) is -1.90. The largest absolute Gasteiger partial charge is 0.479 e. The fourth-order valence-corrected chi connectivity index (χ4v) is 2.77. The van der Waals surface area contributed by atoms with Gasteiger partial charge in [-0.15, -0.1) is 0 Å². The van der Waals surface area contributed by atoms with Crippen LogP contribution in [0.25, 0.3) is 0 Å². The lowest BCUT2D eigenvalue weighted by Gasteiger charge is -2.38. The van der Waals surface area contributed by atoms with Crippen molar-refractivity contribution < 1.29 is 24.2 Å². The number of carbonyl (C=O) groups excluding carboxylic acids is 1. The molecule has 0 saturated carbocycles. The average Bonchev–Trinajstić information content (AvgIpc) is 2.55. The van der Waals surface area contributed by atoms with Gasteiger partial charge >= 0.3 is 12.1 Å². The topological polar surface area (TPSA) is 84.9 Å². The van der Waals surface area contributed by atoms with Crippen LogP contribution in [0, 0.1) is 0 Å². The van der Waals surface area contributed by atoms with E-state index in [1.807, 2.05) is 0 Å². The third-order valence-corrected chi connectivity index (χ3v) is 3.50. The Morgan fingerprint density at radius 1 is 1.26 bits per heavy atom. The number of fused-ring (bicyclic) bond motifs is 2. The van der Waals surface area contributed by atoms with E-state index in [1.165, 1.54) is 0 Å². The zero-order valence-corrected chi connectivity index (χ0v) is 11.6. The van der Waals surface area contributed by atoms with E-state index < -0.39 is 23.2 Å². The summed E-state index contributed by atoms with van der Waals surface area (Å²) in [6, 6.07) is 0. The number of carbonyl (C=O) groups is 2. The third-order valence-electron chi connectivity index (χ3n) is 3.50. The van der Waals surface area contributed by atoms with Crippen LogP contribution in [0.1, 0.15) is 46.5 Å². The summed E-state index contributed by atoms with van der Waals surface area (Å²) in [5, 5.41) is 12.0. The van der Waals surface area contributed by atoms with Crippen molar-refractivity contribution in [1.82, 2.24) is 5.32 Å². The van der Waals surface area contributed by atoms with Crippen LogP contribution in [0.4, 0.5) is 4.79 Å². The van der Waals surface area contributed by atoms with Crippen molar-refractivity contribution in [3.8, 4) is 0 Å². The molecule has 19 heavy (non-hydrogen) atoms. The standard InChI is InChI=1S/C13H21NO5/c1-12(2,3)19-11(17)14-13(10(15)16)6-8-4-5-9(7-13)18-8/h8-9H,4-7H2,1-3H3,(H,14,17)(H,15,16). The van der Waals surface area contributed by atoms with E-state index in [1.54, 1.807) is 20.8 Å². The Balaban J connectivity index is 2.08. The number of alkyl carbamates (subject to hydrolysis) is 1. The summed E-state index contributed by atoms with van der Waals surface area (Å²) in [6.07, 6.45) is 1.48. The van der Waals surface area contributed by atoms with E-state index >= 15 is 0 Å². The Morgan fingerprint density at radius 3 is 2.21 bits per heavy atom. The maximum Gasteiger partial charge on any atom is 0.408 e. The molecule has 2 aliphatic heterocycles. The molecule has 0 aromatic carbocycles. The van der Waals surface area contributed by atoms with Gasteiger partial charge in [0.05, 0.1) is 12.2 Å². The summed E-state index contributed by atoms with van der Waals surface area (Å²) in [6.45, 7) is 5.23. The van der Waals surface area contributed by atoms with E-state index in [9.17, 15) is 14.7 Å². The second-order valence-electron chi connectivity index (χ2n) is 6.38. The molecule has 0 radical (unpaired) electrons. The van der Waals surface area contributed by atoms with Gasteiger partial charge in [-0.3, -0.25) is 0 Å². The molecular weight excluding hydrogens is 250 g/mol. The number of amides is 1. The second kappa shape index (κ2) is 4.67. The van der Waals surface area contributed by atoms with E-state index in [4.69, 9.17) is 9.47 Å². The number of rotatable bonds is 2. The number of carboxylic acids is 1. The number of nitrogens with one attached hydrogen (secondary N) is 1. The summed E-state index contributed by atoms with van der Waals surface area (Å²) < 4.78 is 10.8. The van der Waals surface area contributed by atoms with Crippen molar-refractivity contribution in [2.45, 2.75) is 69.8 Å². The van der Waals surface area contributed by atoms with Crippen LogP contribution in [0.2, 0.25) is 0 Å². The van der Waals surface area contributed by atoms with Crippen LogP contribution in [-0.2, 0) is 14.3 Å². The Bertz CT molecular complexity index is 375. The quantitative estimate of drug-likeness (QED) is 0.798. The van der Waals surface area contributed by atoms with Gasteiger partial charge in [-0.05, 0) is 33.6 Å². The molecule has 2 aliphatic rings. The smallest absolute Gasteiger partial charge is 0.408 e. The first-order chi connectivity index (χ1) is 8.70. The van der Waals surface area contributed by atoms with Gasteiger partial charge in [-0.25, -0.2) is 9.59 Å². The van der Waals surface area contributed by atoms with Crippen LogP contribution < -0.4 is 5.32 Å². The van der Waals surface area contributed by atoms with Gasteiger partial charge in [-0.2, -0.15) is 0 Å². The number of carboxylic acid groups (broad SMARTS) is 1. The zero-order chi connectivity index (χ0) is 14.3. The fraction of sp³-hybridized carbons (Fsp3) is 0.846. The zero-order valence-electron chi connectivity index (χ0n) is 11.6. The van der Waals surface area contributed by atoms with E-state index in [0.717, 1.165) is 12.8 Å². The molecule has 0 spiro atoms. The minimum atomic E-state index is -1.26. The Labute approximate surface area is 112 Å². The molecule has 2 N–H and O–H groups in total. The molecule has 6 nitrogen and oxygen atoms in total. The fourth-order valence-electron chi connectivity index (χ4n) is 2.77. The SMILES string of the molecule is CC(C)(C)OC(=O)NC1(C(=O)O)CC2CCC(C1)O2. The van der Waals surface area contributed by atoms with Gasteiger partial charge in [-0.1, -0.05) is 0 Å². The molecule has 108 valence electrons. The first-order valence-corrected chi connectivity index (χ1v) is 6.60. The number of hydrogen-bond donors (Lipinski definition) is 2. The molecule has 2 rings (SSSR count). The third kappa shape index (κ3) is 3.18. The Kier molecular flexibility index (Phi) is 3.47. The van der Waals surface area contributed by atoms with Crippen LogP contribution in [0.15, 0.2) is 0 Å². The molecule has 2 atom stereocenters. The van der Waals surface area contributed by atoms with Gasteiger partial charge in [0.15, 0.2) is 0 Å². The monoisotopic (exact) mass is 271 g/mol. The first kappa shape index (κ1) is 14.1. The second-order valence-corrected chi connectivity index (χ2v) is 6.38. The highest BCUT2D eigenvalue weighted by Gasteiger charge is 2.51. The van der Waals surface area contributed by atoms with Crippen molar-refractivity contribution in [1.29, 1.82) is 0 Å². The van der Waals surface area contributed by atoms with Gasteiger partial charge in [0, 0.05) is 12.8 Å². The summed E-state index contributed by atoms with van der Waals surface area (Å²) in [7, 11) is 0. The van der Waals surface area contributed by atoms with Crippen LogP contribution in [0.5, 0.6) is 0 Å². The summed E-state index contributed by atoms with van der Waals surface area (Å²) in [5.74, 6) is -1.02. The molecule has 2 fully saturated rings. The number of aliphatic carboxylic acids is 1. The maximum atomic E-state index is 11.8. The normalized spacial score (nSPS) is 33.8. The van der Waals surface area contributed by atoms with E-state index in [-0.39, 0.29) is 12.2 Å². The predicted octanol–water partition coefficient (Wildman–Crippen LogP) is 1.68. The summed E-state index contributed by atoms with van der Waals surface area (Å²) in [4.78, 5) is 23.4. The molecular formula is C13H21NO5. The van der Waals surface area contributed by atoms with Crippen LogP contribution >= 0.6 is 0 Å². The Hall–Kier alpha value is -1.30. The molecule has 0 aromatic heterocycles. The predicted molar refractivity (Wildman–Crippen MR) is 66.9 cm³/mol. The lowest BCUT2D eigenvalue weighted by molar-refractivity contribution is -0.152. The lowest BCUT2D eigenvalue weighted by Crippen LogP contribution is -2.60. The van der Waals surface area contributed by atoms with Crippen LogP contribution in [-0.4, -0.2) is 40.5 Å². The highest BCUT2D eigenvalue weighted by atomic mass is 16.6. The minimum Gasteiger partial charge on any atom is -0.479 e. The van der Waals surface area contributed by atoms with Gasteiger partial charge in [0.25, 0.3) is 0 Å². The van der Waals surface area contributed by atoms with Gasteiger partial charge < -0.3 is 19.9 Å². The molecule has 0 aliphatic carbocycles. The molecule has 2 heterocycles. The summed E-state index contributed by atoms with van der Waals surface area (Å²) >= 11 is 0. The van der Waals surface area contributed by atoms with Gasteiger partial charge in [0.2, 0.25) is 0 Å². The molecule has 2 unspecified atom stereocenters. The van der Waals surface area contributed by atoms with E-state index in [2.05, 4.69) is 5.32 Å². The maximum absolute atomic E-state index is 11.8. The lowest BCUT2D eigenvalue weighted by atomic mass is 9.86. The molecule has 2 bridgehead atoms.